The minimum absolute atomic E-state index is 0.226. The lowest BCUT2D eigenvalue weighted by Gasteiger charge is -2.06. The van der Waals surface area contributed by atoms with Crippen molar-refractivity contribution in [2.24, 2.45) is 0 Å². The first-order valence-corrected chi connectivity index (χ1v) is 4.88. The average Bonchev–Trinajstić information content (AvgIpc) is 2.60. The number of rotatable bonds is 0. The van der Waals surface area contributed by atoms with E-state index in [1.54, 1.807) is 0 Å². The van der Waals surface area contributed by atoms with Gasteiger partial charge in [-0.2, -0.15) is 4.37 Å². The molecule has 0 bridgehead atoms. The van der Waals surface area contributed by atoms with Gasteiger partial charge in [-0.25, -0.2) is 0 Å². The van der Waals surface area contributed by atoms with E-state index in [1.165, 1.54) is 17.6 Å². The second-order valence-electron chi connectivity index (χ2n) is 3.11. The number of allylic oxidation sites excluding steroid dienone is 1. The van der Waals surface area contributed by atoms with Crippen LogP contribution in [0.3, 0.4) is 0 Å². The SMILES string of the molecule is O=C1C(O)=Cc2cccc3snc1c23. The van der Waals surface area contributed by atoms with Gasteiger partial charge in [-0.15, -0.1) is 0 Å². The highest BCUT2D eigenvalue weighted by Gasteiger charge is 2.23. The van der Waals surface area contributed by atoms with Gasteiger partial charge in [0.05, 0.1) is 4.70 Å². The summed E-state index contributed by atoms with van der Waals surface area (Å²) >= 11 is 1.28. The highest BCUT2D eigenvalue weighted by molar-refractivity contribution is 7.13. The van der Waals surface area contributed by atoms with Crippen LogP contribution in [0.2, 0.25) is 0 Å². The summed E-state index contributed by atoms with van der Waals surface area (Å²) in [5.74, 6) is -0.606. The number of carbonyl (C=O) groups excluding carboxylic acids is 1. The molecule has 0 fully saturated rings. The third kappa shape index (κ3) is 0.807. The van der Waals surface area contributed by atoms with Gasteiger partial charge in [0.1, 0.15) is 5.69 Å². The lowest BCUT2D eigenvalue weighted by atomic mass is 9.99. The van der Waals surface area contributed by atoms with Crippen LogP contribution >= 0.6 is 11.5 Å². The number of hydrogen-bond donors (Lipinski definition) is 1. The van der Waals surface area contributed by atoms with E-state index in [-0.39, 0.29) is 11.5 Å². The largest absolute Gasteiger partial charge is 0.504 e. The summed E-state index contributed by atoms with van der Waals surface area (Å²) in [6.07, 6.45) is 1.49. The van der Waals surface area contributed by atoms with Crippen LogP contribution in [-0.2, 0) is 0 Å². The third-order valence-electron chi connectivity index (χ3n) is 2.27. The van der Waals surface area contributed by atoms with Crippen LogP contribution in [-0.4, -0.2) is 15.3 Å². The molecule has 3 rings (SSSR count). The second-order valence-corrected chi connectivity index (χ2v) is 3.92. The standard InChI is InChI=1S/C10H5NO2S/c12-6-4-5-2-1-3-7-8(5)9(10(6)13)11-14-7/h1-4,12H. The van der Waals surface area contributed by atoms with E-state index in [1.807, 2.05) is 18.2 Å². The van der Waals surface area contributed by atoms with Crippen molar-refractivity contribution in [2.45, 2.75) is 0 Å². The van der Waals surface area contributed by atoms with Crippen LogP contribution in [0.4, 0.5) is 0 Å². The number of Topliss-reactive ketones (excluding diaryl/α,β-unsaturated/α-hetero) is 1. The molecule has 14 heavy (non-hydrogen) atoms. The molecule has 0 atom stereocenters. The van der Waals surface area contributed by atoms with Gasteiger partial charge in [0.25, 0.3) is 0 Å². The highest BCUT2D eigenvalue weighted by Crippen LogP contribution is 2.32. The van der Waals surface area contributed by atoms with Crippen LogP contribution < -0.4 is 0 Å². The molecule has 1 N–H and O–H groups in total. The van der Waals surface area contributed by atoms with Crippen molar-refractivity contribution in [3.63, 3.8) is 0 Å². The Morgan fingerprint density at radius 3 is 3.07 bits per heavy atom. The van der Waals surface area contributed by atoms with Crippen molar-refractivity contribution in [3.05, 3.63) is 35.2 Å². The molecule has 0 radical (unpaired) electrons. The van der Waals surface area contributed by atoms with Crippen molar-refractivity contribution in [1.82, 2.24) is 4.37 Å². The summed E-state index contributed by atoms with van der Waals surface area (Å²) in [6.45, 7) is 0. The molecule has 1 heterocycles. The highest BCUT2D eigenvalue weighted by atomic mass is 32.1. The molecule has 2 aromatic rings. The molecule has 0 aliphatic heterocycles. The number of aliphatic hydroxyl groups excluding tert-OH is 1. The van der Waals surface area contributed by atoms with Crippen LogP contribution in [0.1, 0.15) is 16.1 Å². The minimum Gasteiger partial charge on any atom is -0.504 e. The molecule has 4 heteroatoms. The molecule has 1 aliphatic rings. The number of carbonyl (C=O) groups is 1. The van der Waals surface area contributed by atoms with Gasteiger partial charge in [0, 0.05) is 5.39 Å². The smallest absolute Gasteiger partial charge is 0.247 e. The van der Waals surface area contributed by atoms with Gasteiger partial charge in [-0.1, -0.05) is 12.1 Å². The first-order chi connectivity index (χ1) is 6.77. The van der Waals surface area contributed by atoms with Gasteiger partial charge in [-0.05, 0) is 29.2 Å². The van der Waals surface area contributed by atoms with Gasteiger partial charge in [0.2, 0.25) is 5.78 Å². The number of ketones is 1. The summed E-state index contributed by atoms with van der Waals surface area (Å²) in [6, 6.07) is 5.67. The fourth-order valence-electron chi connectivity index (χ4n) is 1.63. The minimum atomic E-state index is -0.380. The Labute approximate surface area is 83.5 Å². The Morgan fingerprint density at radius 2 is 2.21 bits per heavy atom. The zero-order valence-corrected chi connectivity index (χ0v) is 7.84. The van der Waals surface area contributed by atoms with Gasteiger partial charge < -0.3 is 5.11 Å². The zero-order chi connectivity index (χ0) is 9.71. The maximum absolute atomic E-state index is 11.5. The predicted octanol–water partition coefficient (Wildman–Crippen LogP) is 2.39. The van der Waals surface area contributed by atoms with E-state index in [2.05, 4.69) is 4.37 Å². The Hall–Kier alpha value is -1.68. The first kappa shape index (κ1) is 7.70. The molecule has 0 unspecified atom stereocenters. The van der Waals surface area contributed by atoms with Crippen molar-refractivity contribution in [2.75, 3.05) is 0 Å². The predicted molar refractivity (Wildman–Crippen MR) is 54.6 cm³/mol. The number of hydrogen-bond acceptors (Lipinski definition) is 4. The molecule has 0 saturated heterocycles. The van der Waals surface area contributed by atoms with Crippen LogP contribution in [0.5, 0.6) is 0 Å². The third-order valence-corrected chi connectivity index (χ3v) is 3.08. The Kier molecular flexibility index (Phi) is 1.33. The van der Waals surface area contributed by atoms with Gasteiger partial charge in [0.15, 0.2) is 5.76 Å². The Bertz CT molecular complexity index is 583. The topological polar surface area (TPSA) is 50.2 Å². The van der Waals surface area contributed by atoms with Crippen LogP contribution in [0, 0.1) is 0 Å². The quantitative estimate of drug-likeness (QED) is 0.715. The molecule has 3 nitrogen and oxygen atoms in total. The zero-order valence-electron chi connectivity index (χ0n) is 7.02. The monoisotopic (exact) mass is 203 g/mol. The maximum atomic E-state index is 11.5. The molecular formula is C10H5NO2S. The van der Waals surface area contributed by atoms with Crippen molar-refractivity contribution in [3.8, 4) is 0 Å². The fourth-order valence-corrected chi connectivity index (χ4v) is 2.44. The molecule has 0 saturated carbocycles. The molecule has 1 aliphatic carbocycles. The number of nitrogens with zero attached hydrogens (tertiary/aromatic N) is 1. The van der Waals surface area contributed by atoms with E-state index in [4.69, 9.17) is 0 Å². The molecule has 0 amide bonds. The van der Waals surface area contributed by atoms with E-state index in [0.717, 1.165) is 15.6 Å². The molecular weight excluding hydrogens is 198 g/mol. The second kappa shape index (κ2) is 2.42. The van der Waals surface area contributed by atoms with Gasteiger partial charge >= 0.3 is 0 Å². The number of aliphatic hydroxyl groups is 1. The van der Waals surface area contributed by atoms with Crippen LogP contribution in [0.25, 0.3) is 16.2 Å². The molecule has 1 aromatic heterocycles. The van der Waals surface area contributed by atoms with E-state index < -0.39 is 0 Å². The Balaban J connectivity index is 2.53. The fraction of sp³-hybridized carbons (Fsp3) is 0. The van der Waals surface area contributed by atoms with E-state index >= 15 is 0 Å². The first-order valence-electron chi connectivity index (χ1n) is 4.11. The van der Waals surface area contributed by atoms with Crippen molar-refractivity contribution in [1.29, 1.82) is 0 Å². The molecule has 0 spiro atoms. The Morgan fingerprint density at radius 1 is 1.36 bits per heavy atom. The summed E-state index contributed by atoms with van der Waals surface area (Å²) in [7, 11) is 0. The number of aromatic nitrogens is 1. The lowest BCUT2D eigenvalue weighted by molar-refractivity contribution is 0.0977. The van der Waals surface area contributed by atoms with E-state index in [9.17, 15) is 9.90 Å². The van der Waals surface area contributed by atoms with Crippen molar-refractivity contribution >= 4 is 33.5 Å². The summed E-state index contributed by atoms with van der Waals surface area (Å²) < 4.78 is 5.03. The van der Waals surface area contributed by atoms with Gasteiger partial charge in [-0.3, -0.25) is 4.79 Å². The summed E-state index contributed by atoms with van der Waals surface area (Å²) in [5.41, 5.74) is 1.24. The maximum Gasteiger partial charge on any atom is 0.247 e. The summed E-state index contributed by atoms with van der Waals surface area (Å²) in [4.78, 5) is 11.5. The average molecular weight is 203 g/mol. The normalized spacial score (nSPS) is 14.6. The summed E-state index contributed by atoms with van der Waals surface area (Å²) in [5, 5.41) is 10.2. The van der Waals surface area contributed by atoms with Crippen molar-refractivity contribution < 1.29 is 9.90 Å². The lowest BCUT2D eigenvalue weighted by Crippen LogP contribution is -2.07. The molecule has 68 valence electrons. The van der Waals surface area contributed by atoms with Crippen LogP contribution in [0.15, 0.2) is 24.0 Å². The molecule has 1 aromatic carbocycles. The number of benzene rings is 1. The van der Waals surface area contributed by atoms with E-state index in [0.29, 0.717) is 5.69 Å².